The molecule has 0 radical (unpaired) electrons. The molecule has 0 aliphatic carbocycles. The highest BCUT2D eigenvalue weighted by atomic mass is 16.2. The lowest BCUT2D eigenvalue weighted by Crippen LogP contribution is -2.38. The van der Waals surface area contributed by atoms with Crippen LogP contribution in [0.2, 0.25) is 0 Å². The molecule has 0 saturated heterocycles. The van der Waals surface area contributed by atoms with Crippen LogP contribution in [0.15, 0.2) is 6.07 Å². The summed E-state index contributed by atoms with van der Waals surface area (Å²) in [6, 6.07) is 1.27. The Bertz CT molecular complexity index is 433. The van der Waals surface area contributed by atoms with Gasteiger partial charge in [-0.15, -0.1) is 0 Å². The van der Waals surface area contributed by atoms with E-state index in [9.17, 15) is 4.79 Å². The molecule has 4 N–H and O–H groups in total. The fourth-order valence-corrected chi connectivity index (χ4v) is 1.51. The molecule has 0 aliphatic heterocycles. The minimum Gasteiger partial charge on any atom is -0.384 e. The number of amides is 1. The first-order valence-corrected chi connectivity index (χ1v) is 6.62. The van der Waals surface area contributed by atoms with Crippen LogP contribution >= 0.6 is 0 Å². The molecule has 0 fully saturated rings. The fourth-order valence-electron chi connectivity index (χ4n) is 1.51. The van der Waals surface area contributed by atoms with Crippen molar-refractivity contribution in [2.75, 3.05) is 17.6 Å². The third-order valence-electron chi connectivity index (χ3n) is 2.59. The third kappa shape index (κ3) is 4.73. The predicted molar refractivity (Wildman–Crippen MR) is 76.9 cm³/mol. The third-order valence-corrected chi connectivity index (χ3v) is 2.59. The molecule has 6 heteroatoms. The van der Waals surface area contributed by atoms with Gasteiger partial charge in [-0.25, -0.2) is 9.97 Å². The zero-order chi connectivity index (χ0) is 14.4. The van der Waals surface area contributed by atoms with Crippen molar-refractivity contribution in [1.82, 2.24) is 15.3 Å². The molecule has 1 rings (SSSR count). The number of aromatic nitrogens is 2. The average Bonchev–Trinajstić information content (AvgIpc) is 2.34. The van der Waals surface area contributed by atoms with E-state index in [2.05, 4.69) is 20.6 Å². The standard InChI is InChI=1S/C13H23N5O/c1-5-6-15-13(19)9(4)16-11-7-10(14)17-12(18-11)8(2)3/h7-9H,5-6H2,1-4H3,(H,15,19)(H3,14,16,17,18). The van der Waals surface area contributed by atoms with Gasteiger partial charge in [0.05, 0.1) is 0 Å². The van der Waals surface area contributed by atoms with E-state index in [4.69, 9.17) is 5.73 Å². The summed E-state index contributed by atoms with van der Waals surface area (Å²) >= 11 is 0. The highest BCUT2D eigenvalue weighted by molar-refractivity contribution is 5.83. The van der Waals surface area contributed by atoms with Crippen molar-refractivity contribution < 1.29 is 4.79 Å². The number of rotatable bonds is 6. The minimum atomic E-state index is -0.360. The molecule has 0 aromatic carbocycles. The molecule has 19 heavy (non-hydrogen) atoms. The zero-order valence-electron chi connectivity index (χ0n) is 12.0. The summed E-state index contributed by atoms with van der Waals surface area (Å²) in [6.45, 7) is 8.47. The van der Waals surface area contributed by atoms with E-state index in [0.717, 1.165) is 6.42 Å². The summed E-state index contributed by atoms with van der Waals surface area (Å²) in [6.07, 6.45) is 0.913. The van der Waals surface area contributed by atoms with Crippen LogP contribution < -0.4 is 16.4 Å². The Morgan fingerprint density at radius 3 is 2.63 bits per heavy atom. The molecule has 1 unspecified atom stereocenters. The highest BCUT2D eigenvalue weighted by Gasteiger charge is 2.14. The number of nitrogen functional groups attached to an aromatic ring is 1. The van der Waals surface area contributed by atoms with Gasteiger partial charge in [0.2, 0.25) is 5.91 Å². The van der Waals surface area contributed by atoms with Crippen molar-refractivity contribution in [2.24, 2.45) is 0 Å². The van der Waals surface area contributed by atoms with E-state index in [1.807, 2.05) is 20.8 Å². The summed E-state index contributed by atoms with van der Waals surface area (Å²) in [4.78, 5) is 20.3. The summed E-state index contributed by atoms with van der Waals surface area (Å²) in [5.74, 6) is 1.79. The Hall–Kier alpha value is -1.85. The number of hydrogen-bond acceptors (Lipinski definition) is 5. The maximum absolute atomic E-state index is 11.8. The summed E-state index contributed by atoms with van der Waals surface area (Å²) in [5, 5.41) is 5.87. The largest absolute Gasteiger partial charge is 0.384 e. The first kappa shape index (κ1) is 15.2. The molecule has 1 heterocycles. The second-order valence-corrected chi connectivity index (χ2v) is 4.85. The molecule has 1 atom stereocenters. The maximum atomic E-state index is 11.8. The summed E-state index contributed by atoms with van der Waals surface area (Å²) in [5.41, 5.74) is 5.74. The van der Waals surface area contributed by atoms with Crippen LogP contribution in [0.25, 0.3) is 0 Å². The van der Waals surface area contributed by atoms with Crippen LogP contribution in [0.5, 0.6) is 0 Å². The van der Waals surface area contributed by atoms with Gasteiger partial charge in [0.25, 0.3) is 0 Å². The molecule has 1 amide bonds. The van der Waals surface area contributed by atoms with Gasteiger partial charge in [-0.3, -0.25) is 4.79 Å². The quantitative estimate of drug-likeness (QED) is 0.725. The van der Waals surface area contributed by atoms with Crippen LogP contribution in [-0.2, 0) is 4.79 Å². The lowest BCUT2D eigenvalue weighted by Gasteiger charge is -2.15. The van der Waals surface area contributed by atoms with Crippen molar-refractivity contribution in [1.29, 1.82) is 0 Å². The number of nitrogens with one attached hydrogen (secondary N) is 2. The Labute approximate surface area is 114 Å². The van der Waals surface area contributed by atoms with Crippen LogP contribution in [0.1, 0.15) is 45.9 Å². The molecule has 1 aromatic rings. The van der Waals surface area contributed by atoms with E-state index in [1.54, 1.807) is 13.0 Å². The van der Waals surface area contributed by atoms with Crippen LogP contribution in [0, 0.1) is 0 Å². The number of carbonyl (C=O) groups excluding carboxylic acids is 1. The number of nitrogens with zero attached hydrogens (tertiary/aromatic N) is 2. The van der Waals surface area contributed by atoms with Gasteiger partial charge in [0, 0.05) is 18.5 Å². The molecule has 0 aliphatic rings. The number of nitrogens with two attached hydrogens (primary N) is 1. The van der Waals surface area contributed by atoms with Gasteiger partial charge in [-0.05, 0) is 13.3 Å². The lowest BCUT2D eigenvalue weighted by atomic mass is 10.2. The Balaban J connectivity index is 2.73. The average molecular weight is 265 g/mol. The molecular formula is C13H23N5O. The van der Waals surface area contributed by atoms with Crippen LogP contribution in [0.4, 0.5) is 11.6 Å². The first-order valence-electron chi connectivity index (χ1n) is 6.62. The lowest BCUT2D eigenvalue weighted by molar-refractivity contribution is -0.121. The number of carbonyl (C=O) groups is 1. The fraction of sp³-hybridized carbons (Fsp3) is 0.615. The maximum Gasteiger partial charge on any atom is 0.242 e. The van der Waals surface area contributed by atoms with Crippen molar-refractivity contribution in [3.63, 3.8) is 0 Å². The highest BCUT2D eigenvalue weighted by Crippen LogP contribution is 2.15. The van der Waals surface area contributed by atoms with Crippen molar-refractivity contribution >= 4 is 17.5 Å². The van der Waals surface area contributed by atoms with Gasteiger partial charge in [0.15, 0.2) is 0 Å². The SMILES string of the molecule is CCCNC(=O)C(C)Nc1cc(N)nc(C(C)C)n1. The molecule has 0 bridgehead atoms. The van der Waals surface area contributed by atoms with E-state index in [0.29, 0.717) is 24.0 Å². The smallest absolute Gasteiger partial charge is 0.242 e. The predicted octanol–water partition coefficient (Wildman–Crippen LogP) is 1.51. The topological polar surface area (TPSA) is 92.9 Å². The Kier molecular flexibility index (Phi) is 5.54. The van der Waals surface area contributed by atoms with Crippen molar-refractivity contribution in [3.8, 4) is 0 Å². The monoisotopic (exact) mass is 265 g/mol. The second kappa shape index (κ2) is 6.92. The van der Waals surface area contributed by atoms with E-state index >= 15 is 0 Å². The Morgan fingerprint density at radius 2 is 2.05 bits per heavy atom. The van der Waals surface area contributed by atoms with E-state index in [1.165, 1.54) is 0 Å². The molecular weight excluding hydrogens is 242 g/mol. The zero-order valence-corrected chi connectivity index (χ0v) is 12.0. The molecule has 6 nitrogen and oxygen atoms in total. The molecule has 106 valence electrons. The first-order chi connectivity index (χ1) is 8.93. The van der Waals surface area contributed by atoms with Gasteiger partial charge >= 0.3 is 0 Å². The van der Waals surface area contributed by atoms with Gasteiger partial charge in [-0.1, -0.05) is 20.8 Å². The van der Waals surface area contributed by atoms with E-state index < -0.39 is 0 Å². The van der Waals surface area contributed by atoms with Gasteiger partial charge in [0.1, 0.15) is 23.5 Å². The van der Waals surface area contributed by atoms with Crippen molar-refractivity contribution in [3.05, 3.63) is 11.9 Å². The second-order valence-electron chi connectivity index (χ2n) is 4.85. The number of hydrogen-bond donors (Lipinski definition) is 3. The van der Waals surface area contributed by atoms with E-state index in [-0.39, 0.29) is 17.9 Å². The number of anilines is 2. The van der Waals surface area contributed by atoms with Crippen molar-refractivity contribution in [2.45, 2.75) is 46.1 Å². The summed E-state index contributed by atoms with van der Waals surface area (Å²) < 4.78 is 0. The molecule has 1 aromatic heterocycles. The minimum absolute atomic E-state index is 0.0508. The summed E-state index contributed by atoms with van der Waals surface area (Å²) in [7, 11) is 0. The van der Waals surface area contributed by atoms with Crippen LogP contribution in [0.3, 0.4) is 0 Å². The van der Waals surface area contributed by atoms with Crippen LogP contribution in [-0.4, -0.2) is 28.5 Å². The Morgan fingerprint density at radius 1 is 1.37 bits per heavy atom. The molecule has 0 saturated carbocycles. The van der Waals surface area contributed by atoms with Gasteiger partial charge in [-0.2, -0.15) is 0 Å². The normalized spacial score (nSPS) is 12.3. The van der Waals surface area contributed by atoms with Gasteiger partial charge < -0.3 is 16.4 Å². The molecule has 0 spiro atoms.